The molecule has 0 aromatic rings. The van der Waals surface area contributed by atoms with E-state index in [9.17, 15) is 13.6 Å². The van der Waals surface area contributed by atoms with Crippen molar-refractivity contribution in [3.8, 4) is 0 Å². The van der Waals surface area contributed by atoms with Crippen molar-refractivity contribution in [3.05, 3.63) is 0 Å². The lowest BCUT2D eigenvalue weighted by atomic mass is 9.80. The van der Waals surface area contributed by atoms with Crippen LogP contribution in [0.15, 0.2) is 0 Å². The van der Waals surface area contributed by atoms with E-state index in [1.165, 1.54) is 0 Å². The summed E-state index contributed by atoms with van der Waals surface area (Å²) in [6, 6.07) is 0. The van der Waals surface area contributed by atoms with Crippen LogP contribution in [0.1, 0.15) is 51.9 Å². The van der Waals surface area contributed by atoms with Crippen molar-refractivity contribution in [2.45, 2.75) is 57.8 Å². The van der Waals surface area contributed by atoms with Gasteiger partial charge >= 0.3 is 0 Å². The highest BCUT2D eigenvalue weighted by Gasteiger charge is 2.48. The van der Waals surface area contributed by atoms with Crippen LogP contribution in [0.2, 0.25) is 0 Å². The first kappa shape index (κ1) is 11.0. The van der Waals surface area contributed by atoms with E-state index in [1.807, 2.05) is 6.92 Å². The van der Waals surface area contributed by atoms with Crippen molar-refractivity contribution >= 4 is 5.78 Å². The Morgan fingerprint density at radius 3 is 2.47 bits per heavy atom. The molecular formula is C12H18F2O. The monoisotopic (exact) mass is 216 g/mol. The standard InChI is InChI=1S/C12H18F2O/c1-11(6-7-11)10(15)8-9-4-2-3-5-12(9,13)14/h9H,2-8H2,1H3. The van der Waals surface area contributed by atoms with Gasteiger partial charge in [-0.25, -0.2) is 8.78 Å². The predicted octanol–water partition coefficient (Wildman–Crippen LogP) is 3.57. The van der Waals surface area contributed by atoms with E-state index in [1.54, 1.807) is 0 Å². The second kappa shape index (κ2) is 3.53. The summed E-state index contributed by atoms with van der Waals surface area (Å²) in [6.07, 6.45) is 3.84. The molecule has 0 radical (unpaired) electrons. The quantitative estimate of drug-likeness (QED) is 0.704. The molecule has 1 unspecified atom stereocenters. The van der Waals surface area contributed by atoms with Gasteiger partial charge in [0.1, 0.15) is 5.78 Å². The lowest BCUT2D eigenvalue weighted by molar-refractivity contribution is -0.133. The van der Waals surface area contributed by atoms with Gasteiger partial charge in [-0.05, 0) is 25.7 Å². The van der Waals surface area contributed by atoms with E-state index in [-0.39, 0.29) is 24.0 Å². The van der Waals surface area contributed by atoms with Gasteiger partial charge in [-0.3, -0.25) is 4.79 Å². The maximum absolute atomic E-state index is 13.5. The molecule has 2 fully saturated rings. The number of Topliss-reactive ketones (excluding diaryl/α,β-unsaturated/α-hetero) is 1. The van der Waals surface area contributed by atoms with Crippen molar-refractivity contribution < 1.29 is 13.6 Å². The highest BCUT2D eigenvalue weighted by Crippen LogP contribution is 2.49. The number of hydrogen-bond acceptors (Lipinski definition) is 1. The first-order valence-corrected chi connectivity index (χ1v) is 5.85. The van der Waals surface area contributed by atoms with Gasteiger partial charge in [0.05, 0.1) is 0 Å². The first-order chi connectivity index (χ1) is 6.94. The van der Waals surface area contributed by atoms with Crippen molar-refractivity contribution in [1.82, 2.24) is 0 Å². The summed E-state index contributed by atoms with van der Waals surface area (Å²) in [7, 11) is 0. The highest BCUT2D eigenvalue weighted by molar-refractivity contribution is 5.87. The molecule has 0 aliphatic heterocycles. The molecule has 0 aromatic heterocycles. The molecular weight excluding hydrogens is 198 g/mol. The fourth-order valence-electron chi connectivity index (χ4n) is 2.35. The van der Waals surface area contributed by atoms with Crippen LogP contribution in [-0.2, 0) is 4.79 Å². The summed E-state index contributed by atoms with van der Waals surface area (Å²) in [5, 5.41) is 0. The van der Waals surface area contributed by atoms with Gasteiger partial charge in [-0.1, -0.05) is 13.3 Å². The van der Waals surface area contributed by atoms with Gasteiger partial charge in [0.25, 0.3) is 5.92 Å². The Morgan fingerprint density at radius 1 is 1.27 bits per heavy atom. The summed E-state index contributed by atoms with van der Waals surface area (Å²) in [6.45, 7) is 1.90. The Balaban J connectivity index is 1.95. The van der Waals surface area contributed by atoms with Crippen molar-refractivity contribution in [3.63, 3.8) is 0 Å². The van der Waals surface area contributed by atoms with Gasteiger partial charge in [0.15, 0.2) is 0 Å². The minimum Gasteiger partial charge on any atom is -0.299 e. The van der Waals surface area contributed by atoms with Crippen LogP contribution in [0, 0.1) is 11.3 Å². The second-order valence-electron chi connectivity index (χ2n) is 5.39. The topological polar surface area (TPSA) is 17.1 Å². The maximum Gasteiger partial charge on any atom is 0.251 e. The van der Waals surface area contributed by atoms with Gasteiger partial charge in [-0.2, -0.15) is 0 Å². The Kier molecular flexibility index (Phi) is 2.60. The molecule has 0 spiro atoms. The molecule has 0 amide bonds. The molecule has 2 aliphatic carbocycles. The van der Waals surface area contributed by atoms with Crippen molar-refractivity contribution in [1.29, 1.82) is 0 Å². The normalized spacial score (nSPS) is 32.3. The van der Waals surface area contributed by atoms with E-state index in [0.717, 1.165) is 19.3 Å². The molecule has 0 N–H and O–H groups in total. The molecule has 86 valence electrons. The molecule has 3 heteroatoms. The summed E-state index contributed by atoms with van der Waals surface area (Å²) < 4.78 is 27.0. The summed E-state index contributed by atoms with van der Waals surface area (Å²) >= 11 is 0. The molecule has 0 aromatic carbocycles. The summed E-state index contributed by atoms with van der Waals surface area (Å²) in [4.78, 5) is 11.7. The SMILES string of the molecule is CC1(C(=O)CC2CCCCC2(F)F)CC1. The Labute approximate surface area is 89.2 Å². The van der Waals surface area contributed by atoms with Crippen LogP contribution < -0.4 is 0 Å². The van der Waals surface area contributed by atoms with E-state index in [4.69, 9.17) is 0 Å². The lowest BCUT2D eigenvalue weighted by Crippen LogP contribution is -2.34. The zero-order valence-electron chi connectivity index (χ0n) is 9.19. The number of ketones is 1. The molecule has 0 heterocycles. The molecule has 0 bridgehead atoms. The zero-order chi connectivity index (χ0) is 11.1. The maximum atomic E-state index is 13.5. The first-order valence-electron chi connectivity index (χ1n) is 5.85. The number of halogens is 2. The fraction of sp³-hybridized carbons (Fsp3) is 0.917. The number of rotatable bonds is 3. The number of hydrogen-bond donors (Lipinski definition) is 0. The average Bonchev–Trinajstić information content (AvgIpc) is 2.89. The third-order valence-corrected chi connectivity index (χ3v) is 4.01. The van der Waals surface area contributed by atoms with E-state index in [0.29, 0.717) is 12.8 Å². The fourth-order valence-corrected chi connectivity index (χ4v) is 2.35. The Morgan fingerprint density at radius 2 is 1.93 bits per heavy atom. The number of alkyl halides is 2. The highest BCUT2D eigenvalue weighted by atomic mass is 19.3. The average molecular weight is 216 g/mol. The number of carbonyl (C=O) groups excluding carboxylic acids is 1. The smallest absolute Gasteiger partial charge is 0.251 e. The van der Waals surface area contributed by atoms with Gasteiger partial charge in [-0.15, -0.1) is 0 Å². The zero-order valence-corrected chi connectivity index (χ0v) is 9.19. The molecule has 2 rings (SSSR count). The van der Waals surface area contributed by atoms with Crippen LogP contribution in [0.5, 0.6) is 0 Å². The lowest BCUT2D eigenvalue weighted by Gasteiger charge is -2.31. The molecule has 2 aliphatic rings. The third kappa shape index (κ3) is 2.21. The largest absolute Gasteiger partial charge is 0.299 e. The van der Waals surface area contributed by atoms with Gasteiger partial charge in [0.2, 0.25) is 0 Å². The van der Waals surface area contributed by atoms with Crippen molar-refractivity contribution in [2.75, 3.05) is 0 Å². The summed E-state index contributed by atoms with van der Waals surface area (Å²) in [5.74, 6) is -3.22. The minimum atomic E-state index is -2.60. The molecule has 0 saturated heterocycles. The summed E-state index contributed by atoms with van der Waals surface area (Å²) in [5.41, 5.74) is -0.243. The molecule has 1 nitrogen and oxygen atoms in total. The molecule has 2 saturated carbocycles. The van der Waals surface area contributed by atoms with Gasteiger partial charge < -0.3 is 0 Å². The Hall–Kier alpha value is -0.470. The Bertz CT molecular complexity index is 269. The second-order valence-corrected chi connectivity index (χ2v) is 5.39. The van der Waals surface area contributed by atoms with E-state index < -0.39 is 11.8 Å². The predicted molar refractivity (Wildman–Crippen MR) is 53.9 cm³/mol. The number of carbonyl (C=O) groups is 1. The van der Waals surface area contributed by atoms with E-state index in [2.05, 4.69) is 0 Å². The minimum absolute atomic E-state index is 0.0261. The van der Waals surface area contributed by atoms with Crippen LogP contribution in [0.4, 0.5) is 8.78 Å². The van der Waals surface area contributed by atoms with Crippen LogP contribution >= 0.6 is 0 Å². The van der Waals surface area contributed by atoms with Gasteiger partial charge in [0, 0.05) is 24.2 Å². The van der Waals surface area contributed by atoms with Crippen LogP contribution in [-0.4, -0.2) is 11.7 Å². The van der Waals surface area contributed by atoms with Crippen LogP contribution in [0.3, 0.4) is 0 Å². The van der Waals surface area contributed by atoms with Crippen molar-refractivity contribution in [2.24, 2.45) is 11.3 Å². The third-order valence-electron chi connectivity index (χ3n) is 4.01. The van der Waals surface area contributed by atoms with Crippen LogP contribution in [0.25, 0.3) is 0 Å². The molecule has 15 heavy (non-hydrogen) atoms. The van der Waals surface area contributed by atoms with E-state index >= 15 is 0 Å². The molecule has 1 atom stereocenters.